The van der Waals surface area contributed by atoms with Gasteiger partial charge in [0.2, 0.25) is 0 Å². The van der Waals surface area contributed by atoms with Crippen molar-refractivity contribution in [3.63, 3.8) is 0 Å². The Morgan fingerprint density at radius 2 is 2.29 bits per heavy atom. The van der Waals surface area contributed by atoms with Gasteiger partial charge in [0.25, 0.3) is 10.0 Å². The molecule has 5 nitrogen and oxygen atoms in total. The number of pyridine rings is 1. The molecule has 7 heteroatoms. The molecule has 1 saturated heterocycles. The average molecular weight is 278 g/mol. The fourth-order valence-corrected chi connectivity index (χ4v) is 2.99. The Morgan fingerprint density at radius 1 is 1.53 bits per heavy atom. The predicted molar refractivity (Wildman–Crippen MR) is 67.8 cm³/mol. The van der Waals surface area contributed by atoms with Crippen LogP contribution in [0, 0.1) is 6.92 Å². The minimum absolute atomic E-state index is 0. The van der Waals surface area contributed by atoms with Crippen LogP contribution in [0.2, 0.25) is 0 Å². The van der Waals surface area contributed by atoms with E-state index in [-0.39, 0.29) is 23.5 Å². The van der Waals surface area contributed by atoms with Crippen LogP contribution in [0.3, 0.4) is 0 Å². The van der Waals surface area contributed by atoms with Crippen LogP contribution in [0.5, 0.6) is 0 Å². The fourth-order valence-electron chi connectivity index (χ4n) is 1.69. The molecule has 1 aromatic rings. The van der Waals surface area contributed by atoms with Crippen molar-refractivity contribution in [1.82, 2.24) is 15.0 Å². The monoisotopic (exact) mass is 277 g/mol. The van der Waals surface area contributed by atoms with E-state index in [1.54, 1.807) is 12.1 Å². The third-order valence-corrected chi connectivity index (χ3v) is 3.97. The first-order valence-corrected chi connectivity index (χ1v) is 6.72. The summed E-state index contributed by atoms with van der Waals surface area (Å²) in [5.41, 5.74) is 0.889. The van der Waals surface area contributed by atoms with Gasteiger partial charge in [-0.05, 0) is 37.6 Å². The van der Waals surface area contributed by atoms with E-state index < -0.39 is 10.0 Å². The van der Waals surface area contributed by atoms with E-state index in [0.29, 0.717) is 6.54 Å². The Balaban J connectivity index is 0.00000144. The van der Waals surface area contributed by atoms with Gasteiger partial charge in [-0.2, -0.15) is 0 Å². The van der Waals surface area contributed by atoms with Crippen LogP contribution in [-0.4, -0.2) is 32.5 Å². The number of aryl methyl sites for hydroxylation is 1. The molecular weight excluding hydrogens is 262 g/mol. The number of nitrogens with zero attached hydrogens (tertiary/aromatic N) is 1. The lowest BCUT2D eigenvalue weighted by Crippen LogP contribution is -2.36. The number of hydrogen-bond donors (Lipinski definition) is 2. The molecule has 0 saturated carbocycles. The van der Waals surface area contributed by atoms with Gasteiger partial charge >= 0.3 is 0 Å². The largest absolute Gasteiger partial charge is 0.315 e. The van der Waals surface area contributed by atoms with E-state index in [9.17, 15) is 8.42 Å². The van der Waals surface area contributed by atoms with Crippen molar-refractivity contribution < 1.29 is 8.42 Å². The highest BCUT2D eigenvalue weighted by molar-refractivity contribution is 7.89. The topological polar surface area (TPSA) is 71.1 Å². The Morgan fingerprint density at radius 3 is 2.88 bits per heavy atom. The summed E-state index contributed by atoms with van der Waals surface area (Å²) in [5, 5.41) is 3.21. The molecule has 96 valence electrons. The van der Waals surface area contributed by atoms with E-state index in [0.717, 1.165) is 18.5 Å². The molecule has 1 atom stereocenters. The predicted octanol–water partition coefficient (Wildman–Crippen LogP) is 0.452. The van der Waals surface area contributed by atoms with Crippen molar-refractivity contribution in [2.24, 2.45) is 0 Å². The molecule has 1 fully saturated rings. The highest BCUT2D eigenvalue weighted by atomic mass is 35.5. The standard InChI is InChI=1S/C10H15N3O2S.ClH/c1-8-2-5-12-10(6-8)16(14,15)13-9-3-4-11-7-9;/h2,5-6,9,11,13H,3-4,7H2,1H3;1H. The van der Waals surface area contributed by atoms with Gasteiger partial charge in [0.05, 0.1) is 0 Å². The van der Waals surface area contributed by atoms with E-state index in [1.165, 1.54) is 6.20 Å². The maximum absolute atomic E-state index is 11.9. The van der Waals surface area contributed by atoms with Gasteiger partial charge in [0.1, 0.15) is 0 Å². The molecule has 2 rings (SSSR count). The summed E-state index contributed by atoms with van der Waals surface area (Å²) in [6, 6.07) is 3.33. The number of sulfonamides is 1. The SMILES string of the molecule is Cc1ccnc(S(=O)(=O)NC2CCNC2)c1.Cl. The first-order valence-electron chi connectivity index (χ1n) is 5.24. The molecule has 1 aliphatic rings. The van der Waals surface area contributed by atoms with Gasteiger partial charge < -0.3 is 5.32 Å². The molecule has 0 spiro atoms. The van der Waals surface area contributed by atoms with Crippen LogP contribution < -0.4 is 10.0 Å². The second kappa shape index (κ2) is 5.77. The Bertz CT molecular complexity index is 472. The summed E-state index contributed by atoms with van der Waals surface area (Å²) in [7, 11) is -3.47. The molecule has 0 bridgehead atoms. The molecule has 1 unspecified atom stereocenters. The molecule has 1 aromatic heterocycles. The molecule has 0 radical (unpaired) electrons. The van der Waals surface area contributed by atoms with Gasteiger partial charge in [-0.25, -0.2) is 18.1 Å². The second-order valence-electron chi connectivity index (χ2n) is 3.98. The smallest absolute Gasteiger partial charge is 0.258 e. The fraction of sp³-hybridized carbons (Fsp3) is 0.500. The Kier molecular flexibility index (Phi) is 4.88. The molecule has 1 aliphatic heterocycles. The first kappa shape index (κ1) is 14.4. The van der Waals surface area contributed by atoms with Crippen LogP contribution in [0.4, 0.5) is 0 Å². The molecule has 0 amide bonds. The van der Waals surface area contributed by atoms with Crippen molar-refractivity contribution in [2.45, 2.75) is 24.4 Å². The summed E-state index contributed by atoms with van der Waals surface area (Å²) in [4.78, 5) is 3.88. The average Bonchev–Trinajstić information content (AvgIpc) is 2.70. The van der Waals surface area contributed by atoms with Crippen LogP contribution in [0.15, 0.2) is 23.4 Å². The highest BCUT2D eigenvalue weighted by Gasteiger charge is 2.23. The zero-order valence-electron chi connectivity index (χ0n) is 9.51. The van der Waals surface area contributed by atoms with Gasteiger partial charge in [-0.15, -0.1) is 12.4 Å². The summed E-state index contributed by atoms with van der Waals surface area (Å²) in [6.45, 7) is 3.39. The minimum Gasteiger partial charge on any atom is -0.315 e. The number of nitrogens with one attached hydrogen (secondary N) is 2. The van der Waals surface area contributed by atoms with E-state index >= 15 is 0 Å². The summed E-state index contributed by atoms with van der Waals surface area (Å²) in [6.07, 6.45) is 2.34. The Labute approximate surface area is 107 Å². The lowest BCUT2D eigenvalue weighted by molar-refractivity contribution is 0.556. The molecular formula is C10H16ClN3O2S. The summed E-state index contributed by atoms with van der Waals surface area (Å²) in [5.74, 6) is 0. The Hall–Kier alpha value is -0.690. The number of aromatic nitrogens is 1. The molecule has 17 heavy (non-hydrogen) atoms. The summed E-state index contributed by atoms with van der Waals surface area (Å²) >= 11 is 0. The minimum atomic E-state index is -3.47. The van der Waals surface area contributed by atoms with Crippen molar-refractivity contribution in [3.05, 3.63) is 23.9 Å². The van der Waals surface area contributed by atoms with Crippen molar-refractivity contribution in [1.29, 1.82) is 0 Å². The second-order valence-corrected chi connectivity index (χ2v) is 5.64. The normalized spacial score (nSPS) is 19.9. The van der Waals surface area contributed by atoms with Gasteiger partial charge in [-0.1, -0.05) is 0 Å². The van der Waals surface area contributed by atoms with Crippen molar-refractivity contribution in [3.8, 4) is 0 Å². The zero-order valence-corrected chi connectivity index (χ0v) is 11.1. The van der Waals surface area contributed by atoms with Crippen LogP contribution >= 0.6 is 12.4 Å². The number of hydrogen-bond acceptors (Lipinski definition) is 4. The maximum Gasteiger partial charge on any atom is 0.258 e. The van der Waals surface area contributed by atoms with Gasteiger partial charge in [0.15, 0.2) is 5.03 Å². The molecule has 2 heterocycles. The number of halogens is 1. The number of rotatable bonds is 3. The highest BCUT2D eigenvalue weighted by Crippen LogP contribution is 2.09. The van der Waals surface area contributed by atoms with Crippen LogP contribution in [0.25, 0.3) is 0 Å². The van der Waals surface area contributed by atoms with Crippen LogP contribution in [0.1, 0.15) is 12.0 Å². The lowest BCUT2D eigenvalue weighted by atomic mass is 10.3. The zero-order chi connectivity index (χ0) is 11.6. The first-order chi connectivity index (χ1) is 7.58. The van der Waals surface area contributed by atoms with Crippen molar-refractivity contribution >= 4 is 22.4 Å². The van der Waals surface area contributed by atoms with Gasteiger partial charge in [-0.3, -0.25) is 0 Å². The molecule has 0 aromatic carbocycles. The van der Waals surface area contributed by atoms with E-state index in [1.807, 2.05) is 6.92 Å². The third kappa shape index (κ3) is 3.64. The van der Waals surface area contributed by atoms with E-state index in [4.69, 9.17) is 0 Å². The maximum atomic E-state index is 11.9. The lowest BCUT2D eigenvalue weighted by Gasteiger charge is -2.11. The van der Waals surface area contributed by atoms with Crippen LogP contribution in [-0.2, 0) is 10.0 Å². The van der Waals surface area contributed by atoms with Gasteiger partial charge in [0, 0.05) is 18.8 Å². The third-order valence-electron chi connectivity index (χ3n) is 2.55. The van der Waals surface area contributed by atoms with Crippen molar-refractivity contribution in [2.75, 3.05) is 13.1 Å². The molecule has 2 N–H and O–H groups in total. The molecule has 0 aliphatic carbocycles. The summed E-state index contributed by atoms with van der Waals surface area (Å²) < 4.78 is 26.5. The quantitative estimate of drug-likeness (QED) is 0.842. The van der Waals surface area contributed by atoms with E-state index in [2.05, 4.69) is 15.0 Å².